The third-order valence-electron chi connectivity index (χ3n) is 2.28. The molecule has 0 bridgehead atoms. The number of rotatable bonds is 4. The van der Waals surface area contributed by atoms with Crippen molar-refractivity contribution >= 4 is 12.4 Å². The standard InChI is InChI=1S/C11H23NO3.ClH/c1-11(2,3)15-9-10(13)8-12-4-6-14-7-5-12;/h10,13H,4-9H2,1-3H3;1H. The Morgan fingerprint density at radius 1 is 1.31 bits per heavy atom. The van der Waals surface area contributed by atoms with Gasteiger partial charge in [0, 0.05) is 19.6 Å². The highest BCUT2D eigenvalue weighted by molar-refractivity contribution is 5.85. The number of β-amino-alcohol motifs (C(OH)–C–C–N with tert-alkyl or cyclic N) is 1. The van der Waals surface area contributed by atoms with Crippen LogP contribution in [0.2, 0.25) is 0 Å². The van der Waals surface area contributed by atoms with Crippen LogP contribution in [0.5, 0.6) is 0 Å². The lowest BCUT2D eigenvalue weighted by Crippen LogP contribution is -2.42. The van der Waals surface area contributed by atoms with Crippen LogP contribution in [-0.2, 0) is 9.47 Å². The second kappa shape index (κ2) is 7.45. The fraction of sp³-hybridized carbons (Fsp3) is 1.00. The number of hydrogen-bond donors (Lipinski definition) is 1. The molecule has 5 heteroatoms. The van der Waals surface area contributed by atoms with Crippen LogP contribution < -0.4 is 0 Å². The van der Waals surface area contributed by atoms with Gasteiger partial charge in [-0.25, -0.2) is 0 Å². The summed E-state index contributed by atoms with van der Waals surface area (Å²) >= 11 is 0. The molecule has 1 fully saturated rings. The highest BCUT2D eigenvalue weighted by atomic mass is 35.5. The quantitative estimate of drug-likeness (QED) is 0.809. The van der Waals surface area contributed by atoms with E-state index in [0.29, 0.717) is 13.2 Å². The van der Waals surface area contributed by atoms with Crippen LogP contribution in [0.3, 0.4) is 0 Å². The van der Waals surface area contributed by atoms with Crippen LogP contribution in [0, 0.1) is 0 Å². The van der Waals surface area contributed by atoms with Crippen LogP contribution in [0.4, 0.5) is 0 Å². The number of nitrogens with zero attached hydrogens (tertiary/aromatic N) is 1. The van der Waals surface area contributed by atoms with Gasteiger partial charge in [0.15, 0.2) is 0 Å². The lowest BCUT2D eigenvalue weighted by Gasteiger charge is -2.29. The fourth-order valence-electron chi connectivity index (χ4n) is 1.48. The third kappa shape index (κ3) is 7.41. The molecule has 0 aliphatic carbocycles. The minimum absolute atomic E-state index is 0. The van der Waals surface area contributed by atoms with E-state index in [1.807, 2.05) is 20.8 Å². The van der Waals surface area contributed by atoms with Crippen LogP contribution in [0.15, 0.2) is 0 Å². The molecule has 16 heavy (non-hydrogen) atoms. The van der Waals surface area contributed by atoms with Gasteiger partial charge in [0.1, 0.15) is 0 Å². The summed E-state index contributed by atoms with van der Waals surface area (Å²) in [4.78, 5) is 2.21. The molecule has 98 valence electrons. The van der Waals surface area contributed by atoms with E-state index in [0.717, 1.165) is 26.3 Å². The van der Waals surface area contributed by atoms with Gasteiger partial charge in [-0.1, -0.05) is 0 Å². The lowest BCUT2D eigenvalue weighted by molar-refractivity contribution is -0.0633. The van der Waals surface area contributed by atoms with Crippen molar-refractivity contribution in [2.45, 2.75) is 32.5 Å². The average molecular weight is 254 g/mol. The van der Waals surface area contributed by atoms with Gasteiger partial charge in [-0.15, -0.1) is 12.4 Å². The third-order valence-corrected chi connectivity index (χ3v) is 2.28. The van der Waals surface area contributed by atoms with Crippen LogP contribution in [-0.4, -0.2) is 61.2 Å². The van der Waals surface area contributed by atoms with Crippen molar-refractivity contribution < 1.29 is 14.6 Å². The Bertz CT molecular complexity index is 179. The number of aliphatic hydroxyl groups excluding tert-OH is 1. The molecular weight excluding hydrogens is 230 g/mol. The van der Waals surface area contributed by atoms with Crippen molar-refractivity contribution in [3.8, 4) is 0 Å². The van der Waals surface area contributed by atoms with Gasteiger partial charge < -0.3 is 14.6 Å². The van der Waals surface area contributed by atoms with E-state index in [9.17, 15) is 5.11 Å². The molecule has 0 spiro atoms. The highest BCUT2D eigenvalue weighted by Crippen LogP contribution is 2.08. The van der Waals surface area contributed by atoms with Crippen molar-refractivity contribution in [3.63, 3.8) is 0 Å². The highest BCUT2D eigenvalue weighted by Gasteiger charge is 2.17. The Labute approximate surface area is 104 Å². The summed E-state index contributed by atoms with van der Waals surface area (Å²) in [6, 6.07) is 0. The van der Waals surface area contributed by atoms with E-state index in [4.69, 9.17) is 9.47 Å². The largest absolute Gasteiger partial charge is 0.389 e. The Balaban J connectivity index is 0.00000225. The molecule has 1 aliphatic heterocycles. The van der Waals surface area contributed by atoms with Gasteiger partial charge in [-0.2, -0.15) is 0 Å². The predicted molar refractivity (Wildman–Crippen MR) is 66.2 cm³/mol. The first-order valence-electron chi connectivity index (χ1n) is 5.59. The molecular formula is C11H24ClNO3. The summed E-state index contributed by atoms with van der Waals surface area (Å²) in [6.45, 7) is 10.4. The number of hydrogen-bond acceptors (Lipinski definition) is 4. The molecule has 4 nitrogen and oxygen atoms in total. The van der Waals surface area contributed by atoms with E-state index in [-0.39, 0.29) is 18.0 Å². The molecule has 1 rings (SSSR count). The maximum Gasteiger partial charge on any atom is 0.0900 e. The summed E-state index contributed by atoms with van der Waals surface area (Å²) < 4.78 is 10.8. The number of halogens is 1. The maximum atomic E-state index is 9.76. The van der Waals surface area contributed by atoms with E-state index in [1.54, 1.807) is 0 Å². The SMILES string of the molecule is CC(C)(C)OCC(O)CN1CCOCC1.Cl. The second-order valence-electron chi connectivity index (χ2n) is 4.99. The minimum Gasteiger partial charge on any atom is -0.389 e. The Hall–Kier alpha value is 0.130. The normalized spacial score (nSPS) is 20.2. The van der Waals surface area contributed by atoms with Gasteiger partial charge >= 0.3 is 0 Å². The summed E-state index contributed by atoms with van der Waals surface area (Å²) in [5, 5.41) is 9.76. The van der Waals surface area contributed by atoms with E-state index in [1.165, 1.54) is 0 Å². The molecule has 1 N–H and O–H groups in total. The van der Waals surface area contributed by atoms with Crippen molar-refractivity contribution in [3.05, 3.63) is 0 Å². The first-order chi connectivity index (χ1) is 6.97. The topological polar surface area (TPSA) is 41.9 Å². The molecule has 0 saturated carbocycles. The summed E-state index contributed by atoms with van der Waals surface area (Å²) in [5.74, 6) is 0. The number of morpholine rings is 1. The zero-order valence-corrected chi connectivity index (χ0v) is 11.3. The second-order valence-corrected chi connectivity index (χ2v) is 4.99. The smallest absolute Gasteiger partial charge is 0.0900 e. The average Bonchev–Trinajstić information content (AvgIpc) is 2.15. The molecule has 1 saturated heterocycles. The Morgan fingerprint density at radius 3 is 2.38 bits per heavy atom. The van der Waals surface area contributed by atoms with Gasteiger partial charge in [0.2, 0.25) is 0 Å². The Kier molecular flexibility index (Phi) is 7.52. The molecule has 0 amide bonds. The van der Waals surface area contributed by atoms with Crippen molar-refractivity contribution in [1.29, 1.82) is 0 Å². The molecule has 1 heterocycles. The van der Waals surface area contributed by atoms with Crippen LogP contribution in [0.25, 0.3) is 0 Å². The lowest BCUT2D eigenvalue weighted by atomic mass is 10.2. The van der Waals surface area contributed by atoms with Crippen LogP contribution >= 0.6 is 12.4 Å². The van der Waals surface area contributed by atoms with Gasteiger partial charge in [-0.05, 0) is 20.8 Å². The first-order valence-corrected chi connectivity index (χ1v) is 5.59. The van der Waals surface area contributed by atoms with E-state index in [2.05, 4.69) is 4.90 Å². The zero-order valence-electron chi connectivity index (χ0n) is 10.4. The van der Waals surface area contributed by atoms with E-state index >= 15 is 0 Å². The summed E-state index contributed by atoms with van der Waals surface area (Å²) in [5.41, 5.74) is -0.175. The monoisotopic (exact) mass is 253 g/mol. The van der Waals surface area contributed by atoms with Crippen molar-refractivity contribution in [2.75, 3.05) is 39.5 Å². The van der Waals surface area contributed by atoms with Crippen molar-refractivity contribution in [1.82, 2.24) is 4.90 Å². The van der Waals surface area contributed by atoms with Gasteiger partial charge in [-0.3, -0.25) is 4.90 Å². The molecule has 1 atom stereocenters. The molecule has 0 aromatic heterocycles. The molecule has 0 radical (unpaired) electrons. The van der Waals surface area contributed by atoms with Gasteiger partial charge in [0.25, 0.3) is 0 Å². The van der Waals surface area contributed by atoms with Crippen molar-refractivity contribution in [2.24, 2.45) is 0 Å². The predicted octanol–water partition coefficient (Wildman–Crippen LogP) is 0.916. The number of aliphatic hydroxyl groups is 1. The molecule has 1 unspecified atom stereocenters. The number of ether oxygens (including phenoxy) is 2. The van der Waals surface area contributed by atoms with Gasteiger partial charge in [0.05, 0.1) is 31.5 Å². The minimum atomic E-state index is -0.401. The van der Waals surface area contributed by atoms with Crippen LogP contribution in [0.1, 0.15) is 20.8 Å². The Morgan fingerprint density at radius 2 is 1.88 bits per heavy atom. The molecule has 0 aromatic rings. The maximum absolute atomic E-state index is 9.76. The summed E-state index contributed by atoms with van der Waals surface area (Å²) in [6.07, 6.45) is -0.401. The zero-order chi connectivity index (χ0) is 11.3. The first kappa shape index (κ1) is 16.1. The fourth-order valence-corrected chi connectivity index (χ4v) is 1.48. The summed E-state index contributed by atoms with van der Waals surface area (Å²) in [7, 11) is 0. The van der Waals surface area contributed by atoms with E-state index < -0.39 is 6.10 Å². The molecule has 1 aliphatic rings. The molecule has 0 aromatic carbocycles.